The van der Waals surface area contributed by atoms with Crippen LogP contribution in [0, 0.1) is 5.92 Å². The van der Waals surface area contributed by atoms with Crippen LogP contribution >= 0.6 is 0 Å². The van der Waals surface area contributed by atoms with Gasteiger partial charge in [-0.3, -0.25) is 4.79 Å². The highest BCUT2D eigenvalue weighted by molar-refractivity contribution is 5.85. The molecule has 0 aliphatic heterocycles. The summed E-state index contributed by atoms with van der Waals surface area (Å²) >= 11 is 0. The third kappa shape index (κ3) is 3.98. The molecule has 1 aliphatic carbocycles. The van der Waals surface area contributed by atoms with Gasteiger partial charge in [-0.1, -0.05) is 12.1 Å². The van der Waals surface area contributed by atoms with E-state index in [-0.39, 0.29) is 18.2 Å². The molecule has 1 unspecified atom stereocenters. The van der Waals surface area contributed by atoms with Gasteiger partial charge in [-0.25, -0.2) is 4.79 Å². The minimum atomic E-state index is -0.951. The van der Waals surface area contributed by atoms with E-state index in [0.717, 1.165) is 24.2 Å². The maximum absolute atomic E-state index is 11.9. The molecule has 0 saturated heterocycles. The van der Waals surface area contributed by atoms with E-state index in [1.165, 1.54) is 0 Å². The summed E-state index contributed by atoms with van der Waals surface area (Å²) in [6.07, 6.45) is 1.93. The molecular formula is C15H19NO4. The summed E-state index contributed by atoms with van der Waals surface area (Å²) in [6, 6.07) is 6.50. The summed E-state index contributed by atoms with van der Waals surface area (Å²) in [4.78, 5) is 22.9. The average Bonchev–Trinajstić information content (AvgIpc) is 3.22. The maximum Gasteiger partial charge on any atom is 0.326 e. The molecule has 1 aromatic carbocycles. The number of aliphatic carboxylic acids is 1. The lowest BCUT2D eigenvalue weighted by atomic mass is 10.1. The SMILES string of the molecule is CCOc1ccc(CC(=O)NC(C(=O)O)C2CC2)cc1. The lowest BCUT2D eigenvalue weighted by Gasteiger charge is -2.13. The van der Waals surface area contributed by atoms with Crippen molar-refractivity contribution in [1.29, 1.82) is 0 Å². The van der Waals surface area contributed by atoms with Crippen LogP contribution in [-0.4, -0.2) is 29.6 Å². The third-order valence-electron chi connectivity index (χ3n) is 3.27. The lowest BCUT2D eigenvalue weighted by Crippen LogP contribution is -2.43. The van der Waals surface area contributed by atoms with E-state index in [2.05, 4.69) is 5.32 Å². The van der Waals surface area contributed by atoms with E-state index < -0.39 is 12.0 Å². The molecule has 0 aromatic heterocycles. The molecule has 1 saturated carbocycles. The van der Waals surface area contributed by atoms with Crippen molar-refractivity contribution >= 4 is 11.9 Å². The summed E-state index contributed by atoms with van der Waals surface area (Å²) in [7, 11) is 0. The maximum atomic E-state index is 11.9. The molecule has 1 aromatic rings. The summed E-state index contributed by atoms with van der Waals surface area (Å²) in [5.74, 6) is -0.351. The number of benzene rings is 1. The molecule has 1 atom stereocenters. The number of ether oxygens (including phenoxy) is 1. The fraction of sp³-hybridized carbons (Fsp3) is 0.467. The van der Waals surface area contributed by atoms with Gasteiger partial charge in [0.1, 0.15) is 11.8 Å². The Morgan fingerprint density at radius 1 is 1.35 bits per heavy atom. The first-order valence-corrected chi connectivity index (χ1v) is 6.84. The number of carbonyl (C=O) groups excluding carboxylic acids is 1. The van der Waals surface area contributed by atoms with Gasteiger partial charge in [-0.15, -0.1) is 0 Å². The summed E-state index contributed by atoms with van der Waals surface area (Å²) in [5.41, 5.74) is 0.839. The molecule has 2 N–H and O–H groups in total. The van der Waals surface area contributed by atoms with Crippen LogP contribution in [0.2, 0.25) is 0 Å². The topological polar surface area (TPSA) is 75.6 Å². The molecule has 0 heterocycles. The van der Waals surface area contributed by atoms with E-state index in [1.54, 1.807) is 0 Å². The zero-order chi connectivity index (χ0) is 14.5. The van der Waals surface area contributed by atoms with Crippen LogP contribution in [0.1, 0.15) is 25.3 Å². The van der Waals surface area contributed by atoms with Gasteiger partial charge in [0.25, 0.3) is 0 Å². The molecule has 0 bridgehead atoms. The number of carboxylic acid groups (broad SMARTS) is 1. The predicted octanol–water partition coefficient (Wildman–Crippen LogP) is 1.61. The molecule has 1 fully saturated rings. The van der Waals surface area contributed by atoms with Crippen LogP contribution in [0.25, 0.3) is 0 Å². The smallest absolute Gasteiger partial charge is 0.326 e. The first kappa shape index (κ1) is 14.4. The average molecular weight is 277 g/mol. The number of rotatable bonds is 7. The summed E-state index contributed by atoms with van der Waals surface area (Å²) in [5, 5.41) is 11.7. The van der Waals surface area contributed by atoms with Gasteiger partial charge in [0.15, 0.2) is 0 Å². The highest BCUT2D eigenvalue weighted by atomic mass is 16.5. The van der Waals surface area contributed by atoms with Crippen molar-refractivity contribution in [2.24, 2.45) is 5.92 Å². The molecule has 5 nitrogen and oxygen atoms in total. The van der Waals surface area contributed by atoms with Crippen LogP contribution in [-0.2, 0) is 16.0 Å². The van der Waals surface area contributed by atoms with Crippen molar-refractivity contribution in [3.8, 4) is 5.75 Å². The molecule has 1 aliphatic rings. The third-order valence-corrected chi connectivity index (χ3v) is 3.27. The lowest BCUT2D eigenvalue weighted by molar-refractivity contribution is -0.142. The fourth-order valence-corrected chi connectivity index (χ4v) is 2.09. The highest BCUT2D eigenvalue weighted by Gasteiger charge is 2.37. The van der Waals surface area contributed by atoms with Gasteiger partial charge in [0.2, 0.25) is 5.91 Å². The van der Waals surface area contributed by atoms with Crippen LogP contribution in [0.5, 0.6) is 5.75 Å². The molecule has 5 heteroatoms. The Bertz CT molecular complexity index is 479. The predicted molar refractivity (Wildman–Crippen MR) is 73.6 cm³/mol. The Labute approximate surface area is 117 Å². The molecular weight excluding hydrogens is 258 g/mol. The van der Waals surface area contributed by atoms with Gasteiger partial charge in [-0.2, -0.15) is 0 Å². The Balaban J connectivity index is 1.88. The van der Waals surface area contributed by atoms with E-state index in [9.17, 15) is 9.59 Å². The minimum Gasteiger partial charge on any atom is -0.494 e. The number of carboxylic acids is 1. The van der Waals surface area contributed by atoms with E-state index >= 15 is 0 Å². The first-order chi connectivity index (χ1) is 9.60. The largest absolute Gasteiger partial charge is 0.494 e. The van der Waals surface area contributed by atoms with Crippen LogP contribution < -0.4 is 10.1 Å². The van der Waals surface area contributed by atoms with Crippen LogP contribution in [0.4, 0.5) is 0 Å². The molecule has 2 rings (SSSR count). The van der Waals surface area contributed by atoms with Crippen LogP contribution in [0.3, 0.4) is 0 Å². The van der Waals surface area contributed by atoms with Crippen molar-refractivity contribution in [2.75, 3.05) is 6.61 Å². The second-order valence-corrected chi connectivity index (χ2v) is 4.97. The van der Waals surface area contributed by atoms with Gasteiger partial charge < -0.3 is 15.2 Å². The van der Waals surface area contributed by atoms with Crippen molar-refractivity contribution in [1.82, 2.24) is 5.32 Å². The van der Waals surface area contributed by atoms with Crippen molar-refractivity contribution in [3.63, 3.8) is 0 Å². The minimum absolute atomic E-state index is 0.0942. The number of nitrogens with one attached hydrogen (secondary N) is 1. The normalized spacial score (nSPS) is 15.4. The quantitative estimate of drug-likeness (QED) is 0.794. The zero-order valence-electron chi connectivity index (χ0n) is 11.5. The zero-order valence-corrected chi connectivity index (χ0v) is 11.5. The molecule has 20 heavy (non-hydrogen) atoms. The second kappa shape index (κ2) is 6.41. The fourth-order valence-electron chi connectivity index (χ4n) is 2.09. The monoisotopic (exact) mass is 277 g/mol. The summed E-state index contributed by atoms with van der Waals surface area (Å²) in [6.45, 7) is 2.51. The molecule has 1 amide bonds. The van der Waals surface area contributed by atoms with E-state index in [0.29, 0.717) is 6.61 Å². The Morgan fingerprint density at radius 3 is 2.50 bits per heavy atom. The number of hydrogen-bond donors (Lipinski definition) is 2. The molecule has 108 valence electrons. The first-order valence-electron chi connectivity index (χ1n) is 6.84. The van der Waals surface area contributed by atoms with E-state index in [4.69, 9.17) is 9.84 Å². The number of carbonyl (C=O) groups is 2. The molecule has 0 spiro atoms. The second-order valence-electron chi connectivity index (χ2n) is 4.97. The van der Waals surface area contributed by atoms with Gasteiger partial charge >= 0.3 is 5.97 Å². The van der Waals surface area contributed by atoms with Crippen LogP contribution in [0.15, 0.2) is 24.3 Å². The van der Waals surface area contributed by atoms with Gasteiger partial charge in [0, 0.05) is 0 Å². The van der Waals surface area contributed by atoms with Gasteiger partial charge in [0.05, 0.1) is 13.0 Å². The van der Waals surface area contributed by atoms with Crippen molar-refractivity contribution in [3.05, 3.63) is 29.8 Å². The Kier molecular flexibility index (Phi) is 4.61. The van der Waals surface area contributed by atoms with E-state index in [1.807, 2.05) is 31.2 Å². The standard InChI is InChI=1S/C15H19NO4/c1-2-20-12-7-3-10(4-8-12)9-13(17)16-14(15(18)19)11-5-6-11/h3-4,7-8,11,14H,2,5-6,9H2,1H3,(H,16,17)(H,18,19). The Morgan fingerprint density at radius 2 is 2.00 bits per heavy atom. The van der Waals surface area contributed by atoms with Crippen molar-refractivity contribution in [2.45, 2.75) is 32.2 Å². The highest BCUT2D eigenvalue weighted by Crippen LogP contribution is 2.32. The number of hydrogen-bond acceptors (Lipinski definition) is 3. The van der Waals surface area contributed by atoms with Crippen molar-refractivity contribution < 1.29 is 19.4 Å². The van der Waals surface area contributed by atoms with Gasteiger partial charge in [-0.05, 0) is 43.4 Å². The summed E-state index contributed by atoms with van der Waals surface area (Å²) < 4.78 is 5.32. The number of amides is 1. The molecule has 0 radical (unpaired) electrons. The Hall–Kier alpha value is -2.04.